The number of hydrogen-bond acceptors (Lipinski definition) is 5. The highest BCUT2D eigenvalue weighted by molar-refractivity contribution is 7.98. The lowest BCUT2D eigenvalue weighted by Crippen LogP contribution is -2.20. The zero-order valence-corrected chi connectivity index (χ0v) is 12.3. The summed E-state index contributed by atoms with van der Waals surface area (Å²) in [4.78, 5) is 8.48. The summed E-state index contributed by atoms with van der Waals surface area (Å²) in [7, 11) is 0. The molecule has 0 spiro atoms. The van der Waals surface area contributed by atoms with Gasteiger partial charge in [0.2, 0.25) is 0 Å². The van der Waals surface area contributed by atoms with E-state index >= 15 is 0 Å². The van der Waals surface area contributed by atoms with Crippen LogP contribution in [0.3, 0.4) is 0 Å². The van der Waals surface area contributed by atoms with Gasteiger partial charge in [-0.15, -0.1) is 0 Å². The Balaban J connectivity index is 1.87. The molecule has 0 aliphatic heterocycles. The average molecular weight is 267 g/mol. The highest BCUT2D eigenvalue weighted by atomic mass is 32.2. The first-order chi connectivity index (χ1) is 8.44. The van der Waals surface area contributed by atoms with Crippen molar-refractivity contribution in [1.29, 1.82) is 0 Å². The van der Waals surface area contributed by atoms with E-state index in [1.165, 1.54) is 0 Å². The van der Waals surface area contributed by atoms with Gasteiger partial charge in [0.1, 0.15) is 6.10 Å². The molecule has 2 rings (SSSR count). The maximum absolute atomic E-state index is 5.53. The molecule has 0 bridgehead atoms. The molecule has 0 radical (unpaired) electrons. The van der Waals surface area contributed by atoms with Crippen molar-refractivity contribution in [2.45, 2.75) is 57.4 Å². The van der Waals surface area contributed by atoms with Crippen molar-refractivity contribution < 1.29 is 4.74 Å². The van der Waals surface area contributed by atoms with Gasteiger partial charge >= 0.3 is 6.01 Å². The van der Waals surface area contributed by atoms with Gasteiger partial charge in [0.25, 0.3) is 0 Å². The number of aromatic nitrogens is 2. The number of ether oxygens (including phenoxy) is 1. The smallest absolute Gasteiger partial charge is 0.316 e. The minimum Gasteiger partial charge on any atom is -0.460 e. The van der Waals surface area contributed by atoms with Gasteiger partial charge in [-0.05, 0) is 40.5 Å². The van der Waals surface area contributed by atoms with E-state index in [2.05, 4.69) is 42.4 Å². The van der Waals surface area contributed by atoms with Gasteiger partial charge < -0.3 is 4.74 Å². The first-order valence-corrected chi connectivity index (χ1v) is 7.18. The third-order valence-corrected chi connectivity index (χ3v) is 3.57. The van der Waals surface area contributed by atoms with Crippen molar-refractivity contribution in [2.24, 2.45) is 0 Å². The summed E-state index contributed by atoms with van der Waals surface area (Å²) in [6.45, 7) is 8.65. The molecule has 1 aromatic heterocycles. The second-order valence-electron chi connectivity index (χ2n) is 5.67. The molecule has 0 amide bonds. The number of rotatable bonds is 5. The molecule has 1 unspecified atom stereocenters. The number of nitrogens with one attached hydrogen (secondary N) is 1. The van der Waals surface area contributed by atoms with E-state index in [1.54, 1.807) is 11.9 Å². The molecular weight excluding hydrogens is 246 g/mol. The van der Waals surface area contributed by atoms with Crippen molar-refractivity contribution in [3.63, 3.8) is 0 Å². The van der Waals surface area contributed by atoms with Crippen LogP contribution in [0.5, 0.6) is 6.01 Å². The Hall–Kier alpha value is -0.810. The molecule has 100 valence electrons. The maximum atomic E-state index is 5.53. The fourth-order valence-electron chi connectivity index (χ4n) is 1.28. The van der Waals surface area contributed by atoms with Crippen molar-refractivity contribution in [1.82, 2.24) is 14.7 Å². The number of nitrogens with zero attached hydrogens (tertiary/aromatic N) is 2. The minimum absolute atomic E-state index is 0.199. The monoisotopic (exact) mass is 267 g/mol. The third kappa shape index (κ3) is 4.46. The van der Waals surface area contributed by atoms with Crippen molar-refractivity contribution in [3.8, 4) is 6.01 Å². The molecule has 0 saturated heterocycles. The summed E-state index contributed by atoms with van der Waals surface area (Å²) in [6, 6.07) is 0.723. The van der Waals surface area contributed by atoms with Gasteiger partial charge in [-0.2, -0.15) is 0 Å². The molecule has 1 N–H and O–H groups in total. The van der Waals surface area contributed by atoms with E-state index in [0.29, 0.717) is 12.1 Å². The molecule has 1 saturated carbocycles. The van der Waals surface area contributed by atoms with Crippen LogP contribution in [0.15, 0.2) is 12.4 Å². The van der Waals surface area contributed by atoms with Crippen LogP contribution < -0.4 is 9.46 Å². The minimum atomic E-state index is 0.199. The molecule has 4 nitrogen and oxygen atoms in total. The van der Waals surface area contributed by atoms with Crippen LogP contribution in [0.4, 0.5) is 0 Å². The van der Waals surface area contributed by atoms with E-state index in [4.69, 9.17) is 4.74 Å². The van der Waals surface area contributed by atoms with Crippen LogP contribution in [0, 0.1) is 0 Å². The molecule has 0 aromatic carbocycles. The van der Waals surface area contributed by atoms with Gasteiger partial charge in [0.05, 0.1) is 0 Å². The van der Waals surface area contributed by atoms with Crippen molar-refractivity contribution >= 4 is 11.9 Å². The SMILES string of the molecule is CC(NSC(C)(C)C)c1cnc(OC2CC2)nc1. The molecule has 1 atom stereocenters. The summed E-state index contributed by atoms with van der Waals surface area (Å²) in [5.74, 6) is 0. The lowest BCUT2D eigenvalue weighted by Gasteiger charge is -2.21. The molecule has 1 aliphatic carbocycles. The summed E-state index contributed by atoms with van der Waals surface area (Å²) >= 11 is 1.72. The normalized spacial score (nSPS) is 17.6. The Bertz CT molecular complexity index is 384. The first kappa shape index (κ1) is 13.6. The largest absolute Gasteiger partial charge is 0.460 e. The Morgan fingerprint density at radius 3 is 2.44 bits per heavy atom. The molecule has 5 heteroatoms. The first-order valence-electron chi connectivity index (χ1n) is 6.36. The Kier molecular flexibility index (Phi) is 4.12. The predicted octanol–water partition coefficient (Wildman–Crippen LogP) is 3.12. The van der Waals surface area contributed by atoms with Crippen LogP contribution in [-0.2, 0) is 0 Å². The maximum Gasteiger partial charge on any atom is 0.316 e. The van der Waals surface area contributed by atoms with Gasteiger partial charge in [-0.3, -0.25) is 4.72 Å². The second kappa shape index (κ2) is 5.45. The molecular formula is C13H21N3OS. The topological polar surface area (TPSA) is 47.0 Å². The summed E-state index contributed by atoms with van der Waals surface area (Å²) in [5.41, 5.74) is 1.08. The Labute approximate surface area is 113 Å². The predicted molar refractivity (Wildman–Crippen MR) is 74.6 cm³/mol. The van der Waals surface area contributed by atoms with Crippen LogP contribution in [0.1, 0.15) is 52.1 Å². The number of hydrogen-bond donors (Lipinski definition) is 1. The summed E-state index contributed by atoms with van der Waals surface area (Å²) < 4.78 is 9.13. The van der Waals surface area contributed by atoms with Crippen LogP contribution in [0.25, 0.3) is 0 Å². The Morgan fingerprint density at radius 2 is 1.94 bits per heavy atom. The molecule has 1 aliphatic rings. The fourth-order valence-corrected chi connectivity index (χ4v) is 1.95. The average Bonchev–Trinajstić information content (AvgIpc) is 3.10. The van der Waals surface area contributed by atoms with Gasteiger partial charge in [-0.25, -0.2) is 9.97 Å². The summed E-state index contributed by atoms with van der Waals surface area (Å²) in [6.07, 6.45) is 6.29. The lowest BCUT2D eigenvalue weighted by atomic mass is 10.2. The second-order valence-corrected chi connectivity index (χ2v) is 7.33. The van der Waals surface area contributed by atoms with Crippen molar-refractivity contribution in [2.75, 3.05) is 0 Å². The van der Waals surface area contributed by atoms with Crippen molar-refractivity contribution in [3.05, 3.63) is 18.0 Å². The standard InChI is InChI=1S/C13H21N3OS/c1-9(16-18-13(2,3)4)10-7-14-12(15-8-10)17-11-5-6-11/h7-9,11,16H,5-6H2,1-4H3. The third-order valence-electron chi connectivity index (χ3n) is 2.49. The van der Waals surface area contributed by atoms with E-state index in [1.807, 2.05) is 12.4 Å². The fraction of sp³-hybridized carbons (Fsp3) is 0.692. The van der Waals surface area contributed by atoms with E-state index in [9.17, 15) is 0 Å². The molecule has 18 heavy (non-hydrogen) atoms. The van der Waals surface area contributed by atoms with Gasteiger partial charge in [-0.1, -0.05) is 11.9 Å². The van der Waals surface area contributed by atoms with E-state index < -0.39 is 0 Å². The zero-order chi connectivity index (χ0) is 13.2. The molecule has 1 aromatic rings. The van der Waals surface area contributed by atoms with E-state index in [-0.39, 0.29) is 10.8 Å². The molecule has 1 fully saturated rings. The summed E-state index contributed by atoms with van der Waals surface area (Å²) in [5, 5.41) is 0. The lowest BCUT2D eigenvalue weighted by molar-refractivity contribution is 0.277. The van der Waals surface area contributed by atoms with Crippen LogP contribution >= 0.6 is 11.9 Å². The Morgan fingerprint density at radius 1 is 1.33 bits per heavy atom. The van der Waals surface area contributed by atoms with E-state index in [0.717, 1.165) is 18.4 Å². The quantitative estimate of drug-likeness (QED) is 0.831. The zero-order valence-electron chi connectivity index (χ0n) is 11.4. The highest BCUT2D eigenvalue weighted by Crippen LogP contribution is 2.26. The molecule has 1 heterocycles. The highest BCUT2D eigenvalue weighted by Gasteiger charge is 2.24. The van der Waals surface area contributed by atoms with Gasteiger partial charge in [0.15, 0.2) is 0 Å². The van der Waals surface area contributed by atoms with Gasteiger partial charge in [0, 0.05) is 28.7 Å². The van der Waals surface area contributed by atoms with Crippen LogP contribution in [0.2, 0.25) is 0 Å². The van der Waals surface area contributed by atoms with Crippen LogP contribution in [-0.4, -0.2) is 20.8 Å².